The van der Waals surface area contributed by atoms with Gasteiger partial charge in [-0.1, -0.05) is 42.5 Å². The van der Waals surface area contributed by atoms with Crippen LogP contribution >= 0.6 is 7.52 Å². The standard InChI is InChI=1S/C18H19N2O2P/c1-2-22-23(21,20-14-16-10-5-6-13-19-16)18-12-7-9-15-8-3-4-11-17(15)18/h3-13H,2,14H2,1H3,(H,20,21). The highest BCUT2D eigenvalue weighted by molar-refractivity contribution is 7.65. The van der Waals surface area contributed by atoms with Crippen molar-refractivity contribution in [1.29, 1.82) is 0 Å². The van der Waals surface area contributed by atoms with Crippen LogP contribution in [0.4, 0.5) is 0 Å². The minimum Gasteiger partial charge on any atom is -0.315 e. The Morgan fingerprint density at radius 3 is 2.61 bits per heavy atom. The molecule has 1 N–H and O–H groups in total. The molecule has 1 atom stereocenters. The second-order valence-corrected chi connectivity index (χ2v) is 7.28. The first-order chi connectivity index (χ1) is 11.2. The Bertz CT molecular complexity index is 831. The first kappa shape index (κ1) is 15.9. The molecular weight excluding hydrogens is 307 g/mol. The lowest BCUT2D eigenvalue weighted by Gasteiger charge is -2.20. The van der Waals surface area contributed by atoms with E-state index in [0.717, 1.165) is 16.5 Å². The van der Waals surface area contributed by atoms with Crippen molar-refractivity contribution in [1.82, 2.24) is 10.1 Å². The summed E-state index contributed by atoms with van der Waals surface area (Å²) in [6.45, 7) is 2.61. The lowest BCUT2D eigenvalue weighted by molar-refractivity contribution is 0.332. The van der Waals surface area contributed by atoms with E-state index < -0.39 is 7.52 Å². The van der Waals surface area contributed by atoms with Gasteiger partial charge in [0, 0.05) is 12.7 Å². The topological polar surface area (TPSA) is 51.2 Å². The second-order valence-electron chi connectivity index (χ2n) is 5.12. The molecule has 2 aromatic carbocycles. The Kier molecular flexibility index (Phi) is 4.87. The van der Waals surface area contributed by atoms with E-state index in [4.69, 9.17) is 4.52 Å². The molecule has 0 radical (unpaired) electrons. The minimum atomic E-state index is -3.17. The molecule has 5 heteroatoms. The number of hydrogen-bond acceptors (Lipinski definition) is 3. The Morgan fingerprint density at radius 1 is 1.04 bits per heavy atom. The fourth-order valence-electron chi connectivity index (χ4n) is 2.53. The van der Waals surface area contributed by atoms with Gasteiger partial charge in [0.25, 0.3) is 0 Å². The summed E-state index contributed by atoms with van der Waals surface area (Å²) in [5.74, 6) is 0. The summed E-state index contributed by atoms with van der Waals surface area (Å²) in [6, 6.07) is 19.3. The molecule has 1 heterocycles. The Morgan fingerprint density at radius 2 is 1.83 bits per heavy atom. The van der Waals surface area contributed by atoms with E-state index in [1.165, 1.54) is 0 Å². The smallest absolute Gasteiger partial charge is 0.300 e. The lowest BCUT2D eigenvalue weighted by Crippen LogP contribution is -2.22. The quantitative estimate of drug-likeness (QED) is 0.699. The third kappa shape index (κ3) is 3.50. The molecule has 118 valence electrons. The minimum absolute atomic E-state index is 0.371. The van der Waals surface area contributed by atoms with E-state index in [9.17, 15) is 4.57 Å². The third-order valence-electron chi connectivity index (χ3n) is 3.59. The van der Waals surface area contributed by atoms with Gasteiger partial charge in [0.2, 0.25) is 0 Å². The number of aromatic nitrogens is 1. The van der Waals surface area contributed by atoms with Crippen molar-refractivity contribution in [2.45, 2.75) is 13.5 Å². The molecule has 4 nitrogen and oxygen atoms in total. The summed E-state index contributed by atoms with van der Waals surface area (Å²) in [6.07, 6.45) is 1.72. The van der Waals surface area contributed by atoms with Gasteiger partial charge in [-0.25, -0.2) is 5.09 Å². The molecule has 0 aliphatic heterocycles. The largest absolute Gasteiger partial charge is 0.315 e. The van der Waals surface area contributed by atoms with Crippen LogP contribution in [0.25, 0.3) is 10.8 Å². The van der Waals surface area contributed by atoms with Crippen molar-refractivity contribution in [3.8, 4) is 0 Å². The second kappa shape index (κ2) is 7.05. The van der Waals surface area contributed by atoms with E-state index in [1.54, 1.807) is 6.20 Å². The molecule has 3 aromatic rings. The van der Waals surface area contributed by atoms with Gasteiger partial charge in [0.1, 0.15) is 0 Å². The summed E-state index contributed by atoms with van der Waals surface area (Å²) in [5, 5.41) is 5.79. The highest BCUT2D eigenvalue weighted by atomic mass is 31.2. The van der Waals surface area contributed by atoms with Gasteiger partial charge >= 0.3 is 7.52 Å². The Balaban J connectivity index is 1.97. The summed E-state index contributed by atoms with van der Waals surface area (Å²) in [4.78, 5) is 4.26. The molecule has 1 aromatic heterocycles. The average molecular weight is 326 g/mol. The summed E-state index contributed by atoms with van der Waals surface area (Å²) >= 11 is 0. The first-order valence-electron chi connectivity index (χ1n) is 7.61. The van der Waals surface area contributed by atoms with Crippen LogP contribution in [0.5, 0.6) is 0 Å². The van der Waals surface area contributed by atoms with Crippen LogP contribution in [0, 0.1) is 0 Å². The van der Waals surface area contributed by atoms with Gasteiger partial charge in [-0.15, -0.1) is 0 Å². The van der Waals surface area contributed by atoms with Crippen molar-refractivity contribution in [3.63, 3.8) is 0 Å². The number of pyridine rings is 1. The molecule has 0 aliphatic rings. The van der Waals surface area contributed by atoms with Gasteiger partial charge in [-0.3, -0.25) is 9.55 Å². The maximum Gasteiger partial charge on any atom is 0.300 e. The van der Waals surface area contributed by atoms with E-state index >= 15 is 0 Å². The zero-order valence-corrected chi connectivity index (χ0v) is 13.9. The molecule has 0 fully saturated rings. The van der Waals surface area contributed by atoms with Crippen LogP contribution < -0.4 is 10.4 Å². The molecule has 0 saturated heterocycles. The van der Waals surface area contributed by atoms with E-state index in [0.29, 0.717) is 18.5 Å². The number of nitrogens with zero attached hydrogens (tertiary/aromatic N) is 1. The lowest BCUT2D eigenvalue weighted by atomic mass is 10.1. The van der Waals surface area contributed by atoms with Crippen LogP contribution in [0.3, 0.4) is 0 Å². The molecule has 3 rings (SSSR count). The van der Waals surface area contributed by atoms with Crippen molar-refractivity contribution in [3.05, 3.63) is 72.6 Å². The summed E-state index contributed by atoms with van der Waals surface area (Å²) in [7, 11) is -3.17. The molecule has 0 aliphatic carbocycles. The maximum atomic E-state index is 13.4. The van der Waals surface area contributed by atoms with Crippen molar-refractivity contribution in [2.75, 3.05) is 6.61 Å². The van der Waals surface area contributed by atoms with Gasteiger partial charge in [0.15, 0.2) is 0 Å². The van der Waals surface area contributed by atoms with E-state index in [1.807, 2.05) is 67.6 Å². The van der Waals surface area contributed by atoms with Crippen LogP contribution in [-0.4, -0.2) is 11.6 Å². The molecule has 0 saturated carbocycles. The van der Waals surface area contributed by atoms with Crippen LogP contribution in [-0.2, 0) is 15.6 Å². The zero-order chi connectivity index (χ0) is 16.1. The van der Waals surface area contributed by atoms with Crippen LogP contribution in [0.2, 0.25) is 0 Å². The SMILES string of the molecule is CCOP(=O)(NCc1ccccn1)c1cccc2ccccc12. The molecule has 1 unspecified atom stereocenters. The third-order valence-corrected chi connectivity index (χ3v) is 5.81. The van der Waals surface area contributed by atoms with Crippen LogP contribution in [0.1, 0.15) is 12.6 Å². The highest BCUT2D eigenvalue weighted by Crippen LogP contribution is 2.43. The van der Waals surface area contributed by atoms with Crippen molar-refractivity contribution in [2.24, 2.45) is 0 Å². The number of nitrogens with one attached hydrogen (secondary N) is 1. The van der Waals surface area contributed by atoms with E-state index in [-0.39, 0.29) is 0 Å². The van der Waals surface area contributed by atoms with Crippen molar-refractivity contribution >= 4 is 23.6 Å². The number of fused-ring (bicyclic) bond motifs is 1. The normalized spacial score (nSPS) is 13.8. The first-order valence-corrected chi connectivity index (χ1v) is 9.23. The maximum absolute atomic E-state index is 13.4. The van der Waals surface area contributed by atoms with Crippen LogP contribution in [0.15, 0.2) is 66.9 Å². The average Bonchev–Trinajstić information content (AvgIpc) is 2.61. The number of rotatable bonds is 6. The van der Waals surface area contributed by atoms with Crippen molar-refractivity contribution < 1.29 is 9.09 Å². The fourth-order valence-corrected chi connectivity index (χ4v) is 4.47. The molecule has 0 amide bonds. The highest BCUT2D eigenvalue weighted by Gasteiger charge is 2.27. The number of hydrogen-bond donors (Lipinski definition) is 1. The molecule has 0 spiro atoms. The van der Waals surface area contributed by atoms with E-state index in [2.05, 4.69) is 10.1 Å². The summed E-state index contributed by atoms with van der Waals surface area (Å²) in [5.41, 5.74) is 0.827. The summed E-state index contributed by atoms with van der Waals surface area (Å²) < 4.78 is 19.1. The Labute approximate surface area is 136 Å². The molecule has 23 heavy (non-hydrogen) atoms. The van der Waals surface area contributed by atoms with Gasteiger partial charge in [-0.2, -0.15) is 0 Å². The Hall–Kier alpha value is -2.00. The molecular formula is C18H19N2O2P. The van der Waals surface area contributed by atoms with Gasteiger partial charge in [0.05, 0.1) is 17.6 Å². The fraction of sp³-hybridized carbons (Fsp3) is 0.167. The number of benzene rings is 2. The monoisotopic (exact) mass is 326 g/mol. The van der Waals surface area contributed by atoms with Gasteiger partial charge < -0.3 is 4.52 Å². The predicted octanol–water partition coefficient (Wildman–Crippen LogP) is 3.88. The predicted molar refractivity (Wildman–Crippen MR) is 93.9 cm³/mol. The molecule has 0 bridgehead atoms. The zero-order valence-electron chi connectivity index (χ0n) is 13.0. The van der Waals surface area contributed by atoms with Gasteiger partial charge in [-0.05, 0) is 35.9 Å².